The van der Waals surface area contributed by atoms with Crippen LogP contribution in [0.4, 0.5) is 15.8 Å². The van der Waals surface area contributed by atoms with Crippen LogP contribution in [0.2, 0.25) is 0 Å². The molecular formula is C12H9FN2O2. The molecule has 17 heavy (non-hydrogen) atoms. The van der Waals surface area contributed by atoms with E-state index in [0.717, 1.165) is 6.07 Å². The van der Waals surface area contributed by atoms with Crippen LogP contribution in [0.15, 0.2) is 42.7 Å². The van der Waals surface area contributed by atoms with Gasteiger partial charge in [-0.15, -0.1) is 0 Å². The highest BCUT2D eigenvalue weighted by Gasteiger charge is 2.08. The molecule has 1 aromatic heterocycles. The molecule has 0 aliphatic heterocycles. The van der Waals surface area contributed by atoms with Gasteiger partial charge in [0.15, 0.2) is 0 Å². The Kier molecular flexibility index (Phi) is 3.00. The molecule has 1 aromatic carbocycles. The number of benzene rings is 1. The lowest BCUT2D eigenvalue weighted by Crippen LogP contribution is -1.99. The second-order valence-electron chi connectivity index (χ2n) is 3.36. The monoisotopic (exact) mass is 232 g/mol. The average molecular weight is 232 g/mol. The normalized spacial score (nSPS) is 9.94. The zero-order valence-corrected chi connectivity index (χ0v) is 8.72. The lowest BCUT2D eigenvalue weighted by atomic mass is 10.2. The molecule has 0 saturated heterocycles. The summed E-state index contributed by atoms with van der Waals surface area (Å²) in [6.07, 6.45) is 3.15. The lowest BCUT2D eigenvalue weighted by Gasteiger charge is -2.07. The summed E-state index contributed by atoms with van der Waals surface area (Å²) in [6, 6.07) is 7.08. The van der Waals surface area contributed by atoms with Crippen LogP contribution in [0.1, 0.15) is 10.4 Å². The maximum absolute atomic E-state index is 13.6. The molecule has 0 spiro atoms. The topological polar surface area (TPSA) is 62.2 Å². The second-order valence-corrected chi connectivity index (χ2v) is 3.36. The van der Waals surface area contributed by atoms with E-state index in [1.807, 2.05) is 0 Å². The molecular weight excluding hydrogens is 223 g/mol. The molecule has 1 heterocycles. The zero-order chi connectivity index (χ0) is 12.3. The zero-order valence-electron chi connectivity index (χ0n) is 8.72. The number of rotatable bonds is 3. The van der Waals surface area contributed by atoms with Gasteiger partial charge in [-0.25, -0.2) is 9.18 Å². The highest BCUT2D eigenvalue weighted by molar-refractivity contribution is 5.88. The van der Waals surface area contributed by atoms with Crippen molar-refractivity contribution >= 4 is 17.3 Å². The minimum Gasteiger partial charge on any atom is -0.478 e. The Balaban J connectivity index is 2.26. The van der Waals surface area contributed by atoms with Crippen molar-refractivity contribution < 1.29 is 14.3 Å². The number of hydrogen-bond acceptors (Lipinski definition) is 3. The van der Waals surface area contributed by atoms with E-state index < -0.39 is 11.8 Å². The summed E-state index contributed by atoms with van der Waals surface area (Å²) >= 11 is 0. The fraction of sp³-hybridized carbons (Fsp3) is 0. The Morgan fingerprint density at radius 2 is 1.94 bits per heavy atom. The molecule has 0 aliphatic carbocycles. The summed E-state index contributed by atoms with van der Waals surface area (Å²) in [6.45, 7) is 0. The molecule has 86 valence electrons. The van der Waals surface area contributed by atoms with Crippen molar-refractivity contribution in [3.63, 3.8) is 0 Å². The van der Waals surface area contributed by atoms with Crippen LogP contribution in [-0.2, 0) is 0 Å². The number of aromatic carboxylic acids is 1. The van der Waals surface area contributed by atoms with Gasteiger partial charge in [-0.1, -0.05) is 0 Å². The molecule has 2 N–H and O–H groups in total. The summed E-state index contributed by atoms with van der Waals surface area (Å²) in [5.74, 6) is -1.76. The minimum absolute atomic E-state index is 0.0808. The predicted molar refractivity (Wildman–Crippen MR) is 60.9 cm³/mol. The van der Waals surface area contributed by atoms with Crippen molar-refractivity contribution in [2.24, 2.45) is 0 Å². The Hall–Kier alpha value is -2.43. The van der Waals surface area contributed by atoms with Crippen LogP contribution >= 0.6 is 0 Å². The van der Waals surface area contributed by atoms with Crippen molar-refractivity contribution in [1.82, 2.24) is 4.98 Å². The van der Waals surface area contributed by atoms with E-state index in [1.165, 1.54) is 12.1 Å². The standard InChI is InChI=1S/C12H9FN2O2/c13-10-7-8(12(16)17)1-2-11(10)15-9-3-5-14-6-4-9/h1-7H,(H,14,15)(H,16,17). The van der Waals surface area contributed by atoms with E-state index >= 15 is 0 Å². The van der Waals surface area contributed by atoms with Crippen LogP contribution in [0, 0.1) is 5.82 Å². The maximum Gasteiger partial charge on any atom is 0.335 e. The molecule has 0 bridgehead atoms. The number of hydrogen-bond donors (Lipinski definition) is 2. The first-order valence-electron chi connectivity index (χ1n) is 4.87. The highest BCUT2D eigenvalue weighted by atomic mass is 19.1. The predicted octanol–water partition coefficient (Wildman–Crippen LogP) is 2.66. The van der Waals surface area contributed by atoms with E-state index in [9.17, 15) is 9.18 Å². The van der Waals surface area contributed by atoms with E-state index in [2.05, 4.69) is 10.3 Å². The number of pyridine rings is 1. The Bertz CT molecular complexity index is 543. The van der Waals surface area contributed by atoms with Gasteiger partial charge in [-0.2, -0.15) is 0 Å². The third kappa shape index (κ3) is 2.57. The van der Waals surface area contributed by atoms with Gasteiger partial charge in [-0.05, 0) is 30.3 Å². The van der Waals surface area contributed by atoms with Gasteiger partial charge in [0.05, 0.1) is 11.3 Å². The van der Waals surface area contributed by atoms with Gasteiger partial charge >= 0.3 is 5.97 Å². The lowest BCUT2D eigenvalue weighted by molar-refractivity contribution is 0.0696. The van der Waals surface area contributed by atoms with Crippen molar-refractivity contribution in [3.05, 3.63) is 54.1 Å². The number of carboxylic acids is 1. The van der Waals surface area contributed by atoms with Gasteiger partial charge in [0, 0.05) is 18.1 Å². The molecule has 5 heteroatoms. The van der Waals surface area contributed by atoms with Crippen LogP contribution in [0.3, 0.4) is 0 Å². The third-order valence-electron chi connectivity index (χ3n) is 2.18. The van der Waals surface area contributed by atoms with Crippen molar-refractivity contribution in [1.29, 1.82) is 0 Å². The van der Waals surface area contributed by atoms with Gasteiger partial charge in [0.1, 0.15) is 5.82 Å². The largest absolute Gasteiger partial charge is 0.478 e. The summed E-state index contributed by atoms with van der Waals surface area (Å²) in [7, 11) is 0. The number of halogens is 1. The summed E-state index contributed by atoms with van der Waals surface area (Å²) in [4.78, 5) is 14.5. The quantitative estimate of drug-likeness (QED) is 0.853. The maximum atomic E-state index is 13.6. The van der Waals surface area contributed by atoms with Gasteiger partial charge < -0.3 is 10.4 Å². The van der Waals surface area contributed by atoms with E-state index in [1.54, 1.807) is 24.5 Å². The number of aromatic nitrogens is 1. The second kappa shape index (κ2) is 4.61. The molecule has 2 rings (SSSR count). The van der Waals surface area contributed by atoms with Gasteiger partial charge in [0.2, 0.25) is 0 Å². The first-order valence-corrected chi connectivity index (χ1v) is 4.87. The Labute approximate surface area is 96.7 Å². The number of carbonyl (C=O) groups is 1. The molecule has 0 amide bonds. The smallest absolute Gasteiger partial charge is 0.335 e. The van der Waals surface area contributed by atoms with Gasteiger partial charge in [0.25, 0.3) is 0 Å². The number of nitrogens with one attached hydrogen (secondary N) is 1. The molecule has 0 aliphatic rings. The van der Waals surface area contributed by atoms with Crippen LogP contribution < -0.4 is 5.32 Å². The summed E-state index contributed by atoms with van der Waals surface area (Å²) in [5.41, 5.74) is 0.825. The number of carboxylic acid groups (broad SMARTS) is 1. The van der Waals surface area contributed by atoms with Crippen LogP contribution in [0.5, 0.6) is 0 Å². The molecule has 0 fully saturated rings. The summed E-state index contributed by atoms with van der Waals surface area (Å²) in [5, 5.41) is 11.5. The van der Waals surface area contributed by atoms with E-state index in [0.29, 0.717) is 5.69 Å². The molecule has 0 atom stereocenters. The molecule has 0 saturated carbocycles. The fourth-order valence-corrected chi connectivity index (χ4v) is 1.34. The van der Waals surface area contributed by atoms with Crippen molar-refractivity contribution in [2.75, 3.05) is 5.32 Å². The SMILES string of the molecule is O=C(O)c1ccc(Nc2ccncc2)c(F)c1. The third-order valence-corrected chi connectivity index (χ3v) is 2.18. The van der Waals surface area contributed by atoms with Crippen LogP contribution in [-0.4, -0.2) is 16.1 Å². The Morgan fingerprint density at radius 3 is 2.53 bits per heavy atom. The van der Waals surface area contributed by atoms with E-state index in [-0.39, 0.29) is 11.3 Å². The fourth-order valence-electron chi connectivity index (χ4n) is 1.34. The first kappa shape index (κ1) is 11.1. The molecule has 4 nitrogen and oxygen atoms in total. The van der Waals surface area contributed by atoms with Gasteiger partial charge in [-0.3, -0.25) is 4.98 Å². The van der Waals surface area contributed by atoms with Crippen molar-refractivity contribution in [3.8, 4) is 0 Å². The average Bonchev–Trinajstić information content (AvgIpc) is 2.33. The van der Waals surface area contributed by atoms with E-state index in [4.69, 9.17) is 5.11 Å². The van der Waals surface area contributed by atoms with Crippen molar-refractivity contribution in [2.45, 2.75) is 0 Å². The number of nitrogens with zero attached hydrogens (tertiary/aromatic N) is 1. The highest BCUT2D eigenvalue weighted by Crippen LogP contribution is 2.20. The molecule has 0 unspecified atom stereocenters. The first-order chi connectivity index (χ1) is 8.16. The molecule has 2 aromatic rings. The number of anilines is 2. The summed E-state index contributed by atoms with van der Waals surface area (Å²) < 4.78 is 13.6. The minimum atomic E-state index is -1.15. The molecule has 0 radical (unpaired) electrons. The van der Waals surface area contributed by atoms with Crippen LogP contribution in [0.25, 0.3) is 0 Å². The Morgan fingerprint density at radius 1 is 1.24 bits per heavy atom.